The number of likely N-dealkylation sites (tertiary alicyclic amines) is 1. The van der Waals surface area contributed by atoms with E-state index in [-0.39, 0.29) is 29.9 Å². The Balaban J connectivity index is 1.33. The Labute approximate surface area is 238 Å². The van der Waals surface area contributed by atoms with E-state index in [1.807, 2.05) is 34.1 Å². The van der Waals surface area contributed by atoms with Gasteiger partial charge in [-0.1, -0.05) is 45.0 Å². The minimum absolute atomic E-state index is 0.0803. The topological polar surface area (TPSA) is 62.3 Å². The van der Waals surface area contributed by atoms with E-state index in [4.69, 9.17) is 9.47 Å². The number of nitrogens with zero attached hydrogens (tertiary/aromatic N) is 3. The van der Waals surface area contributed by atoms with Crippen LogP contribution in [-0.2, 0) is 22.5 Å². The number of carbonyl (C=O) groups excluding carboxylic acids is 2. The summed E-state index contributed by atoms with van der Waals surface area (Å²) in [5.41, 5.74) is 1.88. The molecule has 0 saturated carbocycles. The maximum absolute atomic E-state index is 13.6. The quantitative estimate of drug-likeness (QED) is 0.327. The second-order valence-electron chi connectivity index (χ2n) is 11.4. The summed E-state index contributed by atoms with van der Waals surface area (Å²) in [5, 5.41) is 0. The van der Waals surface area contributed by atoms with Gasteiger partial charge in [-0.3, -0.25) is 4.79 Å². The van der Waals surface area contributed by atoms with Gasteiger partial charge in [0.2, 0.25) is 5.91 Å². The summed E-state index contributed by atoms with van der Waals surface area (Å²) in [6.45, 7) is 11.4. The summed E-state index contributed by atoms with van der Waals surface area (Å²) >= 11 is 0. The largest absolute Gasteiger partial charge is 0.493 e. The van der Waals surface area contributed by atoms with Gasteiger partial charge in [0.05, 0.1) is 19.1 Å². The summed E-state index contributed by atoms with van der Waals surface area (Å²) in [4.78, 5) is 31.9. The van der Waals surface area contributed by atoms with Crippen molar-refractivity contribution in [1.29, 1.82) is 0 Å². The van der Waals surface area contributed by atoms with Gasteiger partial charge in [-0.05, 0) is 73.5 Å². The molecule has 7 nitrogen and oxygen atoms in total. The van der Waals surface area contributed by atoms with Crippen LogP contribution in [0.5, 0.6) is 5.75 Å². The van der Waals surface area contributed by atoms with Crippen molar-refractivity contribution in [3.8, 4) is 5.75 Å². The second-order valence-corrected chi connectivity index (χ2v) is 11.4. The summed E-state index contributed by atoms with van der Waals surface area (Å²) in [6.07, 6.45) is 3.71. The Morgan fingerprint density at radius 2 is 1.73 bits per heavy atom. The summed E-state index contributed by atoms with van der Waals surface area (Å²) < 4.78 is 24.5. The molecule has 0 bridgehead atoms. The van der Waals surface area contributed by atoms with Crippen LogP contribution in [0.15, 0.2) is 48.5 Å². The van der Waals surface area contributed by atoms with Crippen LogP contribution in [0.3, 0.4) is 0 Å². The normalized spacial score (nSPS) is 18.3. The van der Waals surface area contributed by atoms with Crippen molar-refractivity contribution >= 4 is 12.0 Å². The first kappa shape index (κ1) is 29.8. The average molecular weight is 554 g/mol. The predicted molar refractivity (Wildman–Crippen MR) is 154 cm³/mol. The fourth-order valence-electron chi connectivity index (χ4n) is 5.47. The predicted octanol–water partition coefficient (Wildman–Crippen LogP) is 5.52. The second kappa shape index (κ2) is 14.5. The zero-order valence-electron chi connectivity index (χ0n) is 24.2. The first-order valence-corrected chi connectivity index (χ1v) is 14.7. The van der Waals surface area contributed by atoms with Crippen LogP contribution < -0.4 is 4.74 Å². The molecular weight excluding hydrogens is 509 g/mol. The molecule has 2 aliphatic heterocycles. The number of ether oxygens (including phenoxy) is 2. The van der Waals surface area contributed by atoms with Crippen molar-refractivity contribution in [2.45, 2.75) is 71.5 Å². The molecule has 1 atom stereocenters. The number of piperidine rings is 1. The smallest absolute Gasteiger partial charge is 0.410 e. The molecule has 2 aliphatic rings. The van der Waals surface area contributed by atoms with Crippen LogP contribution in [0.25, 0.3) is 0 Å². The molecule has 0 radical (unpaired) electrons. The van der Waals surface area contributed by atoms with Gasteiger partial charge in [-0.15, -0.1) is 0 Å². The Morgan fingerprint density at radius 3 is 2.38 bits per heavy atom. The Hall–Kier alpha value is -3.13. The van der Waals surface area contributed by atoms with E-state index in [9.17, 15) is 14.0 Å². The first-order valence-electron chi connectivity index (χ1n) is 14.7. The Bertz CT molecular complexity index is 1080. The van der Waals surface area contributed by atoms with Crippen LogP contribution in [0.1, 0.15) is 57.6 Å². The zero-order valence-corrected chi connectivity index (χ0v) is 24.2. The number of amides is 2. The van der Waals surface area contributed by atoms with Gasteiger partial charge in [-0.25, -0.2) is 9.18 Å². The fourth-order valence-corrected chi connectivity index (χ4v) is 5.47. The van der Waals surface area contributed by atoms with Crippen LogP contribution in [0.4, 0.5) is 9.18 Å². The lowest BCUT2D eigenvalue weighted by Crippen LogP contribution is -2.48. The van der Waals surface area contributed by atoms with E-state index in [0.717, 1.165) is 62.2 Å². The molecule has 1 unspecified atom stereocenters. The van der Waals surface area contributed by atoms with E-state index >= 15 is 0 Å². The third-order valence-electron chi connectivity index (χ3n) is 7.87. The van der Waals surface area contributed by atoms with Gasteiger partial charge < -0.3 is 24.2 Å². The van der Waals surface area contributed by atoms with Crippen molar-refractivity contribution in [3.63, 3.8) is 0 Å². The molecule has 0 N–H and O–H groups in total. The van der Waals surface area contributed by atoms with Crippen LogP contribution in [0, 0.1) is 11.7 Å². The highest BCUT2D eigenvalue weighted by molar-refractivity contribution is 5.79. The highest BCUT2D eigenvalue weighted by Gasteiger charge is 2.32. The van der Waals surface area contributed by atoms with Crippen LogP contribution in [0.2, 0.25) is 0 Å². The molecule has 218 valence electrons. The third-order valence-corrected chi connectivity index (χ3v) is 7.87. The van der Waals surface area contributed by atoms with E-state index in [1.165, 1.54) is 12.1 Å². The highest BCUT2D eigenvalue weighted by atomic mass is 19.1. The van der Waals surface area contributed by atoms with Crippen LogP contribution in [-0.4, -0.2) is 78.2 Å². The maximum Gasteiger partial charge on any atom is 0.410 e. The molecule has 0 aliphatic carbocycles. The molecule has 40 heavy (non-hydrogen) atoms. The van der Waals surface area contributed by atoms with Crippen molar-refractivity contribution in [1.82, 2.24) is 14.7 Å². The first-order chi connectivity index (χ1) is 19.3. The maximum atomic E-state index is 13.6. The van der Waals surface area contributed by atoms with Gasteiger partial charge in [0.15, 0.2) is 0 Å². The van der Waals surface area contributed by atoms with Gasteiger partial charge in [0.1, 0.15) is 18.2 Å². The van der Waals surface area contributed by atoms with Crippen molar-refractivity contribution < 1.29 is 23.5 Å². The number of cyclic esters (lactones) is 1. The van der Waals surface area contributed by atoms with E-state index < -0.39 is 0 Å². The average Bonchev–Trinajstić information content (AvgIpc) is 3.31. The van der Waals surface area contributed by atoms with Gasteiger partial charge in [0.25, 0.3) is 0 Å². The lowest BCUT2D eigenvalue weighted by molar-refractivity contribution is -0.134. The summed E-state index contributed by atoms with van der Waals surface area (Å²) in [5.74, 6) is 1.07. The van der Waals surface area contributed by atoms with Gasteiger partial charge in [0, 0.05) is 32.2 Å². The number of carbonyl (C=O) groups is 2. The molecule has 0 aromatic heterocycles. The number of halogens is 1. The molecule has 0 spiro atoms. The molecule has 2 aromatic rings. The van der Waals surface area contributed by atoms with Crippen molar-refractivity contribution in [2.75, 3.05) is 39.4 Å². The SMILES string of the molecule is CCC1COC(=O)N1CCCN1CCC(N(Cc2ccc(F)cc2)C(=O)Cc2ccc(OCC(C)C)cc2)CC1. The summed E-state index contributed by atoms with van der Waals surface area (Å²) in [7, 11) is 0. The minimum atomic E-state index is -0.276. The molecule has 2 fully saturated rings. The van der Waals surface area contributed by atoms with E-state index in [2.05, 4.69) is 25.7 Å². The molecule has 2 saturated heterocycles. The molecule has 8 heteroatoms. The molecular formula is C32H44FN3O4. The molecule has 4 rings (SSSR count). The van der Waals surface area contributed by atoms with Crippen molar-refractivity contribution in [3.05, 3.63) is 65.5 Å². The molecule has 2 heterocycles. The lowest BCUT2D eigenvalue weighted by atomic mass is 10.0. The minimum Gasteiger partial charge on any atom is -0.493 e. The number of benzene rings is 2. The van der Waals surface area contributed by atoms with Gasteiger partial charge in [-0.2, -0.15) is 0 Å². The van der Waals surface area contributed by atoms with Gasteiger partial charge >= 0.3 is 6.09 Å². The number of hydrogen-bond acceptors (Lipinski definition) is 5. The molecule has 2 aromatic carbocycles. The molecule has 2 amide bonds. The standard InChI is InChI=1S/C32H44FN3O4/c1-4-28-23-40-32(38)35(28)17-5-16-34-18-14-29(15-19-34)36(21-26-6-10-27(33)11-7-26)31(37)20-25-8-12-30(13-9-25)39-22-24(2)3/h6-13,24,28-29H,4-5,14-23H2,1-3H3. The third kappa shape index (κ3) is 8.43. The Kier molecular flexibility index (Phi) is 10.8. The Morgan fingerprint density at radius 1 is 1.05 bits per heavy atom. The zero-order chi connectivity index (χ0) is 28.5. The van der Waals surface area contributed by atoms with E-state index in [0.29, 0.717) is 38.6 Å². The fraction of sp³-hybridized carbons (Fsp3) is 0.562. The van der Waals surface area contributed by atoms with Crippen molar-refractivity contribution in [2.24, 2.45) is 5.92 Å². The van der Waals surface area contributed by atoms with E-state index in [1.54, 1.807) is 12.1 Å². The lowest BCUT2D eigenvalue weighted by Gasteiger charge is -2.39. The monoisotopic (exact) mass is 553 g/mol. The number of hydrogen-bond donors (Lipinski definition) is 0. The number of rotatable bonds is 13. The highest BCUT2D eigenvalue weighted by Crippen LogP contribution is 2.23. The summed E-state index contributed by atoms with van der Waals surface area (Å²) in [6, 6.07) is 14.5. The van der Waals surface area contributed by atoms with Crippen LogP contribution >= 0.6 is 0 Å².